The van der Waals surface area contributed by atoms with Crippen LogP contribution in [0, 0.1) is 5.82 Å². The molecule has 136 valence electrons. The highest BCUT2D eigenvalue weighted by Crippen LogP contribution is 2.12. The molecule has 2 N–H and O–H groups in total. The Labute approximate surface area is 157 Å². The van der Waals surface area contributed by atoms with E-state index >= 15 is 0 Å². The highest BCUT2D eigenvalue weighted by molar-refractivity contribution is 7.80. The molecule has 0 bridgehead atoms. The average molecular weight is 372 g/mol. The van der Waals surface area contributed by atoms with Crippen molar-refractivity contribution in [2.24, 2.45) is 0 Å². The summed E-state index contributed by atoms with van der Waals surface area (Å²) in [5.74, 6) is -0.245. The molecule has 3 aromatic rings. The molecule has 0 aliphatic carbocycles. The fourth-order valence-electron chi connectivity index (χ4n) is 2.51. The molecule has 1 atom stereocenters. The van der Waals surface area contributed by atoms with Crippen LogP contribution in [0.2, 0.25) is 0 Å². The fourth-order valence-corrected chi connectivity index (χ4v) is 2.81. The second kappa shape index (κ2) is 8.09. The monoisotopic (exact) mass is 372 g/mol. The van der Waals surface area contributed by atoms with Gasteiger partial charge < -0.3 is 10.6 Å². The Morgan fingerprint density at radius 2 is 2.00 bits per heavy atom. The molecule has 1 aromatic carbocycles. The van der Waals surface area contributed by atoms with Crippen molar-refractivity contribution in [3.8, 4) is 0 Å². The fraction of sp³-hybridized carbons (Fsp3) is 0.278. The van der Waals surface area contributed by atoms with Crippen molar-refractivity contribution in [3.63, 3.8) is 0 Å². The number of benzene rings is 1. The van der Waals surface area contributed by atoms with Crippen molar-refractivity contribution in [1.29, 1.82) is 0 Å². The van der Waals surface area contributed by atoms with Gasteiger partial charge in [-0.05, 0) is 49.8 Å². The maximum Gasteiger partial charge on any atom is 0.171 e. The lowest BCUT2D eigenvalue weighted by molar-refractivity contribution is 0.613. The number of anilines is 1. The minimum absolute atomic E-state index is 0.00272. The van der Waals surface area contributed by atoms with Gasteiger partial charge in [-0.1, -0.05) is 12.1 Å². The Bertz CT molecular complexity index is 870. The van der Waals surface area contributed by atoms with Gasteiger partial charge in [0.2, 0.25) is 0 Å². The number of hydrogen-bond donors (Lipinski definition) is 2. The van der Waals surface area contributed by atoms with Crippen LogP contribution < -0.4 is 10.6 Å². The number of nitrogens with zero attached hydrogens (tertiary/aromatic N) is 4. The van der Waals surface area contributed by atoms with E-state index in [0.717, 1.165) is 23.5 Å². The molecular weight excluding hydrogens is 351 g/mol. The normalized spacial score (nSPS) is 12.0. The van der Waals surface area contributed by atoms with Crippen LogP contribution in [-0.2, 0) is 13.1 Å². The van der Waals surface area contributed by atoms with Crippen LogP contribution in [0.4, 0.5) is 10.1 Å². The molecule has 0 spiro atoms. The van der Waals surface area contributed by atoms with Crippen molar-refractivity contribution in [2.75, 3.05) is 5.32 Å². The van der Waals surface area contributed by atoms with Gasteiger partial charge in [-0.2, -0.15) is 10.2 Å². The van der Waals surface area contributed by atoms with Gasteiger partial charge >= 0.3 is 0 Å². The summed E-state index contributed by atoms with van der Waals surface area (Å²) in [6.45, 7) is 5.45. The molecule has 0 radical (unpaired) electrons. The average Bonchev–Trinajstić information content (AvgIpc) is 3.26. The molecule has 3 rings (SSSR count). The molecule has 0 amide bonds. The van der Waals surface area contributed by atoms with E-state index in [0.29, 0.717) is 11.7 Å². The first-order chi connectivity index (χ1) is 12.5. The van der Waals surface area contributed by atoms with E-state index in [4.69, 9.17) is 12.2 Å². The number of hydrogen-bond acceptors (Lipinski definition) is 3. The molecule has 6 nitrogen and oxygen atoms in total. The van der Waals surface area contributed by atoms with Crippen LogP contribution in [0.15, 0.2) is 48.9 Å². The number of rotatable bonds is 6. The van der Waals surface area contributed by atoms with Crippen LogP contribution in [0.5, 0.6) is 0 Å². The van der Waals surface area contributed by atoms with Gasteiger partial charge in [0.05, 0.1) is 30.2 Å². The third kappa shape index (κ3) is 4.66. The third-order valence-electron chi connectivity index (χ3n) is 3.93. The zero-order valence-electron chi connectivity index (χ0n) is 14.7. The zero-order valence-corrected chi connectivity index (χ0v) is 15.5. The van der Waals surface area contributed by atoms with E-state index in [1.807, 2.05) is 37.0 Å². The van der Waals surface area contributed by atoms with Crippen LogP contribution in [-0.4, -0.2) is 24.7 Å². The first kappa shape index (κ1) is 18.1. The second-order valence-corrected chi connectivity index (χ2v) is 6.38. The number of nitrogens with one attached hydrogen (secondary N) is 2. The van der Waals surface area contributed by atoms with Crippen molar-refractivity contribution in [3.05, 3.63) is 66.0 Å². The standard InChI is InChI=1S/C18H21FN6S/c1-3-24-9-8-17(23-24)13(2)21-18(26)22-16-10-20-25(12-16)11-14-4-6-15(19)7-5-14/h4-10,12-13H,3,11H2,1-2H3,(H2,21,22,26). The summed E-state index contributed by atoms with van der Waals surface area (Å²) in [5, 5.41) is 15.6. The van der Waals surface area contributed by atoms with Gasteiger partial charge in [0.1, 0.15) is 5.82 Å². The molecule has 2 heterocycles. The first-order valence-electron chi connectivity index (χ1n) is 8.41. The van der Waals surface area contributed by atoms with E-state index < -0.39 is 0 Å². The van der Waals surface area contributed by atoms with E-state index in [1.165, 1.54) is 12.1 Å². The predicted octanol–water partition coefficient (Wildman–Crippen LogP) is 3.33. The largest absolute Gasteiger partial charge is 0.354 e. The van der Waals surface area contributed by atoms with Gasteiger partial charge in [0, 0.05) is 18.9 Å². The summed E-state index contributed by atoms with van der Waals surface area (Å²) in [7, 11) is 0. The topological polar surface area (TPSA) is 59.7 Å². The SMILES string of the molecule is CCn1ccc(C(C)NC(=S)Nc2cnn(Cc3ccc(F)cc3)c2)n1. The molecule has 8 heteroatoms. The van der Waals surface area contributed by atoms with Crippen molar-refractivity contribution in [1.82, 2.24) is 24.9 Å². The van der Waals surface area contributed by atoms with Gasteiger partial charge in [0.15, 0.2) is 5.11 Å². The second-order valence-electron chi connectivity index (χ2n) is 5.97. The van der Waals surface area contributed by atoms with Gasteiger partial charge in [-0.3, -0.25) is 9.36 Å². The Balaban J connectivity index is 1.54. The van der Waals surface area contributed by atoms with Gasteiger partial charge in [-0.25, -0.2) is 4.39 Å². The summed E-state index contributed by atoms with van der Waals surface area (Å²) < 4.78 is 16.6. The third-order valence-corrected chi connectivity index (χ3v) is 4.15. The highest BCUT2D eigenvalue weighted by atomic mass is 32.1. The number of aryl methyl sites for hydroxylation is 1. The smallest absolute Gasteiger partial charge is 0.171 e. The molecule has 0 saturated carbocycles. The summed E-state index contributed by atoms with van der Waals surface area (Å²) in [6, 6.07) is 8.35. The van der Waals surface area contributed by atoms with Crippen LogP contribution in [0.3, 0.4) is 0 Å². The Hall–Kier alpha value is -2.74. The lowest BCUT2D eigenvalue weighted by Crippen LogP contribution is -2.31. The van der Waals surface area contributed by atoms with E-state index in [2.05, 4.69) is 20.8 Å². The number of aromatic nitrogens is 4. The summed E-state index contributed by atoms with van der Waals surface area (Å²) in [5.41, 5.74) is 2.70. The van der Waals surface area contributed by atoms with Gasteiger partial charge in [-0.15, -0.1) is 0 Å². The summed E-state index contributed by atoms with van der Waals surface area (Å²) in [4.78, 5) is 0. The van der Waals surface area contributed by atoms with E-state index in [-0.39, 0.29) is 11.9 Å². The molecule has 0 fully saturated rings. The quantitative estimate of drug-likeness (QED) is 0.650. The minimum atomic E-state index is -0.245. The zero-order chi connectivity index (χ0) is 18.5. The van der Waals surface area contributed by atoms with Crippen molar-refractivity contribution >= 4 is 23.0 Å². The van der Waals surface area contributed by atoms with Crippen LogP contribution in [0.1, 0.15) is 31.1 Å². The molecule has 0 aliphatic heterocycles. The Morgan fingerprint density at radius 3 is 2.69 bits per heavy atom. The van der Waals surface area contributed by atoms with E-state index in [1.54, 1.807) is 23.0 Å². The van der Waals surface area contributed by atoms with Crippen molar-refractivity contribution in [2.45, 2.75) is 33.0 Å². The van der Waals surface area contributed by atoms with Gasteiger partial charge in [0.25, 0.3) is 0 Å². The highest BCUT2D eigenvalue weighted by Gasteiger charge is 2.10. The molecule has 2 aromatic heterocycles. The molecule has 0 saturated heterocycles. The summed E-state index contributed by atoms with van der Waals surface area (Å²) >= 11 is 5.37. The number of halogens is 1. The minimum Gasteiger partial charge on any atom is -0.354 e. The lowest BCUT2D eigenvalue weighted by atomic mass is 10.2. The molecule has 26 heavy (non-hydrogen) atoms. The summed E-state index contributed by atoms with van der Waals surface area (Å²) in [6.07, 6.45) is 5.51. The molecular formula is C18H21FN6S. The van der Waals surface area contributed by atoms with E-state index in [9.17, 15) is 4.39 Å². The maximum absolute atomic E-state index is 13.0. The first-order valence-corrected chi connectivity index (χ1v) is 8.82. The lowest BCUT2D eigenvalue weighted by Gasteiger charge is -2.14. The van der Waals surface area contributed by atoms with Crippen molar-refractivity contribution < 1.29 is 4.39 Å². The van der Waals surface area contributed by atoms with Crippen LogP contribution >= 0.6 is 12.2 Å². The van der Waals surface area contributed by atoms with Crippen LogP contribution in [0.25, 0.3) is 0 Å². The Kier molecular flexibility index (Phi) is 5.62. The molecule has 1 unspecified atom stereocenters. The predicted molar refractivity (Wildman–Crippen MR) is 103 cm³/mol. The molecule has 0 aliphatic rings. The maximum atomic E-state index is 13.0. The number of thiocarbonyl (C=S) groups is 1. The Morgan fingerprint density at radius 1 is 1.23 bits per heavy atom.